The maximum Gasteiger partial charge on any atom is 0.388 e. The Kier molecular flexibility index (Phi) is 1.84. The molecule has 3 nitrogen and oxygen atoms in total. The van der Waals surface area contributed by atoms with Crippen LogP contribution >= 0.6 is 0 Å². The molecule has 0 saturated heterocycles. The van der Waals surface area contributed by atoms with E-state index in [1.165, 1.54) is 10.7 Å². The number of alkyl halides is 2. The van der Waals surface area contributed by atoms with Crippen molar-refractivity contribution in [1.29, 1.82) is 0 Å². The van der Waals surface area contributed by atoms with Crippen molar-refractivity contribution in [2.45, 2.75) is 6.61 Å². The van der Waals surface area contributed by atoms with Crippen molar-refractivity contribution in [2.75, 3.05) is 0 Å². The van der Waals surface area contributed by atoms with E-state index < -0.39 is 6.61 Å². The van der Waals surface area contributed by atoms with Crippen LogP contribution in [0.15, 0.2) is 6.07 Å². The SMILES string of the molecule is Cn1[c]cc(OC(F)F)n1. The molecule has 0 amide bonds. The lowest BCUT2D eigenvalue weighted by atomic mass is 10.7. The smallest absolute Gasteiger partial charge is 0.388 e. The highest BCUT2D eigenvalue weighted by atomic mass is 19.3. The van der Waals surface area contributed by atoms with Gasteiger partial charge in [-0.3, -0.25) is 4.68 Å². The van der Waals surface area contributed by atoms with Crippen molar-refractivity contribution in [1.82, 2.24) is 9.78 Å². The number of aryl methyl sites for hydroxylation is 1. The van der Waals surface area contributed by atoms with Gasteiger partial charge in [0.1, 0.15) is 0 Å². The highest BCUT2D eigenvalue weighted by molar-refractivity contribution is 5.03. The summed E-state index contributed by atoms with van der Waals surface area (Å²) >= 11 is 0. The lowest BCUT2D eigenvalue weighted by Gasteiger charge is -1.96. The van der Waals surface area contributed by atoms with Gasteiger partial charge in [-0.15, -0.1) is 5.10 Å². The van der Waals surface area contributed by atoms with Crippen LogP contribution in [0.5, 0.6) is 5.88 Å². The zero-order chi connectivity index (χ0) is 7.56. The summed E-state index contributed by atoms with van der Waals surface area (Å²) in [5.74, 6) is -0.113. The van der Waals surface area contributed by atoms with Gasteiger partial charge in [-0.05, 0) is 0 Å². The van der Waals surface area contributed by atoms with Crippen LogP contribution in [-0.2, 0) is 7.05 Å². The summed E-state index contributed by atoms with van der Waals surface area (Å²) in [6.07, 6.45) is 2.52. The van der Waals surface area contributed by atoms with E-state index in [1.54, 1.807) is 7.05 Å². The molecule has 5 heteroatoms. The number of nitrogens with zero attached hydrogens (tertiary/aromatic N) is 2. The van der Waals surface area contributed by atoms with Gasteiger partial charge in [0.05, 0.1) is 6.20 Å². The van der Waals surface area contributed by atoms with Crippen molar-refractivity contribution in [3.05, 3.63) is 12.3 Å². The first-order chi connectivity index (χ1) is 4.68. The van der Waals surface area contributed by atoms with Gasteiger partial charge in [-0.2, -0.15) is 8.78 Å². The first-order valence-corrected chi connectivity index (χ1v) is 2.55. The fourth-order valence-corrected chi connectivity index (χ4v) is 0.503. The predicted molar refractivity (Wildman–Crippen MR) is 28.7 cm³/mol. The molecule has 0 fully saturated rings. The molecular weight excluding hydrogens is 142 g/mol. The Labute approximate surface area is 56.2 Å². The number of ether oxygens (including phenoxy) is 1. The zero-order valence-corrected chi connectivity index (χ0v) is 5.21. The van der Waals surface area contributed by atoms with Gasteiger partial charge in [0.2, 0.25) is 5.88 Å². The van der Waals surface area contributed by atoms with Crippen LogP contribution < -0.4 is 4.74 Å². The Balaban J connectivity index is 2.58. The summed E-state index contributed by atoms with van der Waals surface area (Å²) in [4.78, 5) is 0. The number of hydrogen-bond donors (Lipinski definition) is 0. The van der Waals surface area contributed by atoms with Crippen molar-refractivity contribution in [3.63, 3.8) is 0 Å². The van der Waals surface area contributed by atoms with Gasteiger partial charge in [-0.25, -0.2) is 0 Å². The average molecular weight is 147 g/mol. The Bertz CT molecular complexity index is 211. The third-order valence-electron chi connectivity index (χ3n) is 0.833. The van der Waals surface area contributed by atoms with Crippen LogP contribution in [-0.4, -0.2) is 16.4 Å². The highest BCUT2D eigenvalue weighted by Crippen LogP contribution is 2.07. The summed E-state index contributed by atoms with van der Waals surface area (Å²) in [5, 5.41) is 3.51. The third kappa shape index (κ3) is 1.68. The first kappa shape index (κ1) is 6.98. The molecule has 0 unspecified atom stereocenters. The average Bonchev–Trinajstić information content (AvgIpc) is 2.13. The molecular formula is C5H5F2N2O. The van der Waals surface area contributed by atoms with Crippen molar-refractivity contribution >= 4 is 0 Å². The molecule has 1 radical (unpaired) electrons. The molecule has 55 valence electrons. The summed E-state index contributed by atoms with van der Waals surface area (Å²) in [7, 11) is 1.57. The minimum atomic E-state index is -2.82. The molecule has 1 heterocycles. The minimum absolute atomic E-state index is 0.113. The molecule has 0 aliphatic carbocycles. The van der Waals surface area contributed by atoms with Gasteiger partial charge in [0.25, 0.3) is 0 Å². The van der Waals surface area contributed by atoms with Gasteiger partial charge < -0.3 is 4.74 Å². The fourth-order valence-electron chi connectivity index (χ4n) is 0.503. The zero-order valence-electron chi connectivity index (χ0n) is 5.21. The molecule has 0 N–H and O–H groups in total. The van der Waals surface area contributed by atoms with Crippen LogP contribution in [0.4, 0.5) is 8.78 Å². The van der Waals surface area contributed by atoms with Gasteiger partial charge in [-0.1, -0.05) is 0 Å². The lowest BCUT2D eigenvalue weighted by molar-refractivity contribution is -0.0531. The Morgan fingerprint density at radius 1 is 1.80 bits per heavy atom. The van der Waals surface area contributed by atoms with E-state index in [4.69, 9.17) is 0 Å². The number of rotatable bonds is 2. The van der Waals surface area contributed by atoms with Crippen LogP contribution in [0, 0.1) is 6.20 Å². The van der Waals surface area contributed by atoms with Crippen molar-refractivity contribution in [3.8, 4) is 5.88 Å². The summed E-state index contributed by atoms with van der Waals surface area (Å²) in [5.41, 5.74) is 0. The summed E-state index contributed by atoms with van der Waals surface area (Å²) in [6, 6.07) is 1.24. The largest absolute Gasteiger partial charge is 0.415 e. The van der Waals surface area contributed by atoms with Crippen LogP contribution in [0.25, 0.3) is 0 Å². The van der Waals surface area contributed by atoms with E-state index in [9.17, 15) is 8.78 Å². The minimum Gasteiger partial charge on any atom is -0.415 e. The lowest BCUT2D eigenvalue weighted by Crippen LogP contribution is -2.02. The summed E-state index contributed by atoms with van der Waals surface area (Å²) < 4.78 is 28.1. The van der Waals surface area contributed by atoms with Crippen LogP contribution in [0.2, 0.25) is 0 Å². The molecule has 0 atom stereocenters. The molecule has 0 saturated carbocycles. The molecule has 0 bridgehead atoms. The Morgan fingerprint density at radius 2 is 2.50 bits per heavy atom. The van der Waals surface area contributed by atoms with E-state index in [0.29, 0.717) is 0 Å². The monoisotopic (exact) mass is 147 g/mol. The van der Waals surface area contributed by atoms with E-state index in [-0.39, 0.29) is 5.88 Å². The van der Waals surface area contributed by atoms with Gasteiger partial charge in [0, 0.05) is 13.1 Å². The number of halogens is 2. The van der Waals surface area contributed by atoms with Crippen LogP contribution in [0.1, 0.15) is 0 Å². The van der Waals surface area contributed by atoms with E-state index in [0.717, 1.165) is 0 Å². The molecule has 0 spiro atoms. The third-order valence-corrected chi connectivity index (χ3v) is 0.833. The second-order valence-electron chi connectivity index (χ2n) is 1.61. The summed E-state index contributed by atoms with van der Waals surface area (Å²) in [6.45, 7) is -2.82. The van der Waals surface area contributed by atoms with Crippen molar-refractivity contribution < 1.29 is 13.5 Å². The molecule has 1 aromatic rings. The molecule has 0 aliphatic rings. The molecule has 0 aliphatic heterocycles. The standard InChI is InChI=1S/C5H5F2N2O/c1-9-3-2-4(8-9)10-5(6)7/h2,5H,1H3. The topological polar surface area (TPSA) is 27.1 Å². The van der Waals surface area contributed by atoms with Gasteiger partial charge in [0.15, 0.2) is 0 Å². The second-order valence-corrected chi connectivity index (χ2v) is 1.61. The van der Waals surface area contributed by atoms with Crippen molar-refractivity contribution in [2.24, 2.45) is 7.05 Å². The van der Waals surface area contributed by atoms with E-state index in [1.807, 2.05) is 0 Å². The number of aromatic nitrogens is 2. The molecule has 10 heavy (non-hydrogen) atoms. The normalized spacial score (nSPS) is 10.4. The maximum atomic E-state index is 11.4. The second kappa shape index (κ2) is 2.64. The predicted octanol–water partition coefficient (Wildman–Crippen LogP) is 0.822. The molecule has 1 aromatic heterocycles. The van der Waals surface area contributed by atoms with E-state index in [2.05, 4.69) is 16.0 Å². The van der Waals surface area contributed by atoms with E-state index >= 15 is 0 Å². The molecule has 0 aromatic carbocycles. The Morgan fingerprint density at radius 3 is 2.90 bits per heavy atom. The first-order valence-electron chi connectivity index (χ1n) is 2.55. The highest BCUT2D eigenvalue weighted by Gasteiger charge is 2.05. The quantitative estimate of drug-likeness (QED) is 0.619. The van der Waals surface area contributed by atoms with Crippen LogP contribution in [0.3, 0.4) is 0 Å². The fraction of sp³-hybridized carbons (Fsp3) is 0.400. The van der Waals surface area contributed by atoms with Gasteiger partial charge >= 0.3 is 6.61 Å². The molecule has 1 rings (SSSR count). The Hall–Kier alpha value is -1.13. The number of hydrogen-bond acceptors (Lipinski definition) is 2. The maximum absolute atomic E-state index is 11.4.